The summed E-state index contributed by atoms with van der Waals surface area (Å²) in [7, 11) is 0. The second-order valence-corrected chi connectivity index (χ2v) is 6.66. The fraction of sp³-hybridized carbons (Fsp3) is 0.471. The van der Waals surface area contributed by atoms with Crippen LogP contribution in [0.4, 0.5) is 0 Å². The molecular formula is C17H21BrN2O. The summed E-state index contributed by atoms with van der Waals surface area (Å²) in [6.07, 6.45) is 11.6. The quantitative estimate of drug-likeness (QED) is 0.807. The summed E-state index contributed by atoms with van der Waals surface area (Å²) < 4.78 is 7.10. The van der Waals surface area contributed by atoms with Crippen molar-refractivity contribution in [2.75, 3.05) is 6.61 Å². The third kappa shape index (κ3) is 3.88. The number of H-pyrrole nitrogens is 1. The minimum atomic E-state index is 0.799. The van der Waals surface area contributed by atoms with Crippen molar-refractivity contribution in [3.05, 3.63) is 35.2 Å². The number of hydrogen-bond donors (Lipinski definition) is 1. The van der Waals surface area contributed by atoms with Crippen molar-refractivity contribution in [2.45, 2.75) is 38.5 Å². The molecule has 1 heterocycles. The molecule has 0 atom stereocenters. The van der Waals surface area contributed by atoms with E-state index in [4.69, 9.17) is 4.74 Å². The molecule has 0 radical (unpaired) electrons. The summed E-state index contributed by atoms with van der Waals surface area (Å²) in [4.78, 5) is 7.25. The standard InChI is InChI=1S/C17H21BrN2O/c18-14-6-7-17(15(10-14)16-11-19-12-20-16)21-9-8-13-4-2-1-3-5-13/h6-7,10-13H,1-5,8-9H2,(H,19,20). The van der Waals surface area contributed by atoms with E-state index >= 15 is 0 Å². The van der Waals surface area contributed by atoms with Crippen molar-refractivity contribution in [1.82, 2.24) is 9.97 Å². The highest BCUT2D eigenvalue weighted by atomic mass is 79.9. The Morgan fingerprint density at radius 3 is 2.86 bits per heavy atom. The zero-order valence-electron chi connectivity index (χ0n) is 12.1. The molecule has 1 aliphatic carbocycles. The number of nitrogens with one attached hydrogen (secondary N) is 1. The molecule has 0 amide bonds. The van der Waals surface area contributed by atoms with E-state index in [1.807, 2.05) is 18.3 Å². The molecule has 1 aromatic carbocycles. The van der Waals surface area contributed by atoms with Crippen LogP contribution < -0.4 is 4.74 Å². The first kappa shape index (κ1) is 14.6. The molecule has 0 saturated heterocycles. The van der Waals surface area contributed by atoms with Crippen LogP contribution >= 0.6 is 15.9 Å². The second kappa shape index (κ2) is 7.12. The number of halogens is 1. The van der Waals surface area contributed by atoms with Crippen LogP contribution in [0, 0.1) is 5.92 Å². The van der Waals surface area contributed by atoms with Gasteiger partial charge in [-0.15, -0.1) is 0 Å². The van der Waals surface area contributed by atoms with Crippen molar-refractivity contribution in [3.8, 4) is 17.0 Å². The van der Waals surface area contributed by atoms with Crippen LogP contribution in [-0.4, -0.2) is 16.6 Å². The van der Waals surface area contributed by atoms with E-state index in [-0.39, 0.29) is 0 Å². The van der Waals surface area contributed by atoms with E-state index < -0.39 is 0 Å². The number of ether oxygens (including phenoxy) is 1. The molecule has 3 nitrogen and oxygen atoms in total. The van der Waals surface area contributed by atoms with Crippen LogP contribution in [-0.2, 0) is 0 Å². The van der Waals surface area contributed by atoms with Crippen LogP contribution in [0.2, 0.25) is 0 Å². The first-order chi connectivity index (χ1) is 10.3. The van der Waals surface area contributed by atoms with E-state index in [0.717, 1.165) is 34.0 Å². The van der Waals surface area contributed by atoms with Gasteiger partial charge in [0.05, 0.1) is 24.8 Å². The number of aromatic nitrogens is 2. The molecule has 3 rings (SSSR count). The van der Waals surface area contributed by atoms with Crippen LogP contribution in [0.15, 0.2) is 35.2 Å². The maximum absolute atomic E-state index is 6.05. The van der Waals surface area contributed by atoms with Crippen molar-refractivity contribution >= 4 is 15.9 Å². The molecule has 1 aliphatic rings. The third-order valence-electron chi connectivity index (χ3n) is 4.24. The zero-order chi connectivity index (χ0) is 14.5. The minimum Gasteiger partial charge on any atom is -0.493 e. The van der Waals surface area contributed by atoms with E-state index in [0.29, 0.717) is 0 Å². The van der Waals surface area contributed by atoms with Crippen molar-refractivity contribution in [3.63, 3.8) is 0 Å². The first-order valence-electron chi connectivity index (χ1n) is 7.74. The Hall–Kier alpha value is -1.29. The van der Waals surface area contributed by atoms with E-state index in [1.54, 1.807) is 6.33 Å². The summed E-state index contributed by atoms with van der Waals surface area (Å²) in [5.41, 5.74) is 2.05. The van der Waals surface area contributed by atoms with Gasteiger partial charge in [0.15, 0.2) is 0 Å². The van der Waals surface area contributed by atoms with Gasteiger partial charge >= 0.3 is 0 Å². The number of nitrogens with zero attached hydrogens (tertiary/aromatic N) is 1. The van der Waals surface area contributed by atoms with Gasteiger partial charge in [-0.25, -0.2) is 4.98 Å². The molecule has 1 saturated carbocycles. The molecular weight excluding hydrogens is 328 g/mol. The van der Waals surface area contributed by atoms with Crippen molar-refractivity contribution in [1.29, 1.82) is 0 Å². The van der Waals surface area contributed by atoms with Crippen LogP contribution in [0.25, 0.3) is 11.3 Å². The molecule has 1 N–H and O–H groups in total. The Balaban J connectivity index is 1.64. The number of benzene rings is 1. The second-order valence-electron chi connectivity index (χ2n) is 5.75. The number of hydrogen-bond acceptors (Lipinski definition) is 2. The first-order valence-corrected chi connectivity index (χ1v) is 8.53. The van der Waals surface area contributed by atoms with Crippen LogP contribution in [0.1, 0.15) is 38.5 Å². The van der Waals surface area contributed by atoms with E-state index in [1.165, 1.54) is 38.5 Å². The van der Waals surface area contributed by atoms with Crippen molar-refractivity contribution < 1.29 is 4.74 Å². The van der Waals surface area contributed by atoms with Gasteiger partial charge < -0.3 is 9.72 Å². The topological polar surface area (TPSA) is 37.9 Å². The third-order valence-corrected chi connectivity index (χ3v) is 4.73. The lowest BCUT2D eigenvalue weighted by Gasteiger charge is -2.21. The number of imidazole rings is 1. The number of rotatable bonds is 5. The van der Waals surface area contributed by atoms with Gasteiger partial charge in [-0.3, -0.25) is 0 Å². The monoisotopic (exact) mass is 348 g/mol. The lowest BCUT2D eigenvalue weighted by molar-refractivity contribution is 0.247. The highest BCUT2D eigenvalue weighted by Gasteiger charge is 2.14. The zero-order valence-corrected chi connectivity index (χ0v) is 13.7. The molecule has 2 aromatic rings. The van der Waals surface area contributed by atoms with Crippen LogP contribution in [0.3, 0.4) is 0 Å². The fourth-order valence-corrected chi connectivity index (χ4v) is 3.41. The smallest absolute Gasteiger partial charge is 0.128 e. The van der Waals surface area contributed by atoms with E-state index in [2.05, 4.69) is 32.0 Å². The van der Waals surface area contributed by atoms with Gasteiger partial charge in [-0.1, -0.05) is 48.0 Å². The minimum absolute atomic E-state index is 0.799. The molecule has 0 aliphatic heterocycles. The average Bonchev–Trinajstić information content (AvgIpc) is 3.04. The lowest BCUT2D eigenvalue weighted by Crippen LogP contribution is -2.11. The lowest BCUT2D eigenvalue weighted by atomic mass is 9.87. The molecule has 4 heteroatoms. The molecule has 0 unspecified atom stereocenters. The number of aromatic amines is 1. The molecule has 112 valence electrons. The Labute approximate surface area is 134 Å². The Morgan fingerprint density at radius 2 is 2.10 bits per heavy atom. The summed E-state index contributed by atoms with van der Waals surface area (Å²) in [5.74, 6) is 1.78. The summed E-state index contributed by atoms with van der Waals surface area (Å²) in [5, 5.41) is 0. The van der Waals surface area contributed by atoms with Crippen molar-refractivity contribution in [2.24, 2.45) is 5.92 Å². The highest BCUT2D eigenvalue weighted by molar-refractivity contribution is 9.10. The van der Waals surface area contributed by atoms with Gasteiger partial charge in [-0.05, 0) is 30.5 Å². The average molecular weight is 349 g/mol. The van der Waals surface area contributed by atoms with Gasteiger partial charge in [0.25, 0.3) is 0 Å². The Morgan fingerprint density at radius 1 is 1.24 bits per heavy atom. The predicted octanol–water partition coefficient (Wildman–Crippen LogP) is 5.19. The molecule has 0 spiro atoms. The molecule has 0 bridgehead atoms. The SMILES string of the molecule is Brc1ccc(OCCC2CCCCC2)c(-c2cnc[nH]2)c1. The summed E-state index contributed by atoms with van der Waals surface area (Å²) in [6.45, 7) is 0.799. The summed E-state index contributed by atoms with van der Waals surface area (Å²) >= 11 is 3.52. The van der Waals surface area contributed by atoms with Crippen LogP contribution in [0.5, 0.6) is 5.75 Å². The predicted molar refractivity (Wildman–Crippen MR) is 88.4 cm³/mol. The molecule has 21 heavy (non-hydrogen) atoms. The van der Waals surface area contributed by atoms with E-state index in [9.17, 15) is 0 Å². The maximum Gasteiger partial charge on any atom is 0.128 e. The van der Waals surface area contributed by atoms with Gasteiger partial charge in [0, 0.05) is 10.0 Å². The normalized spacial score (nSPS) is 16.0. The van der Waals surface area contributed by atoms with Gasteiger partial charge in [-0.2, -0.15) is 0 Å². The van der Waals surface area contributed by atoms with Gasteiger partial charge in [0.2, 0.25) is 0 Å². The molecule has 1 fully saturated rings. The Bertz CT molecular complexity index is 562. The molecule has 1 aromatic heterocycles. The largest absolute Gasteiger partial charge is 0.493 e. The maximum atomic E-state index is 6.05. The highest BCUT2D eigenvalue weighted by Crippen LogP contribution is 2.32. The Kier molecular flexibility index (Phi) is 4.96. The fourth-order valence-electron chi connectivity index (χ4n) is 3.05. The van der Waals surface area contributed by atoms with Gasteiger partial charge in [0.1, 0.15) is 5.75 Å². The summed E-state index contributed by atoms with van der Waals surface area (Å²) in [6, 6.07) is 6.13.